The fraction of sp³-hybridized carbons (Fsp3) is 0.105. The monoisotopic (exact) mass is 308 g/mol. The standard InChI is InChI=1S/C19H16O4/c1-21-15-7-3-5-13(11-15)9-10-16(20)18-12-14-6-4-8-17(22-2)19(14)23-18/h3-12H,1-2H3/b10-9+. The molecule has 2 aromatic carbocycles. The van der Waals surface area contributed by atoms with Crippen LogP contribution in [0.3, 0.4) is 0 Å². The van der Waals surface area contributed by atoms with Gasteiger partial charge in [-0.05, 0) is 35.9 Å². The van der Waals surface area contributed by atoms with Gasteiger partial charge in [0.2, 0.25) is 5.78 Å². The molecule has 23 heavy (non-hydrogen) atoms. The molecule has 1 aromatic heterocycles. The van der Waals surface area contributed by atoms with Gasteiger partial charge in [-0.3, -0.25) is 4.79 Å². The highest BCUT2D eigenvalue weighted by Crippen LogP contribution is 2.28. The van der Waals surface area contributed by atoms with E-state index in [0.717, 1.165) is 16.7 Å². The molecular weight excluding hydrogens is 292 g/mol. The molecule has 4 nitrogen and oxygen atoms in total. The number of hydrogen-bond acceptors (Lipinski definition) is 4. The Bertz CT molecular complexity index is 874. The van der Waals surface area contributed by atoms with E-state index in [4.69, 9.17) is 13.9 Å². The van der Waals surface area contributed by atoms with E-state index >= 15 is 0 Å². The van der Waals surface area contributed by atoms with Crippen molar-refractivity contribution in [1.82, 2.24) is 0 Å². The van der Waals surface area contributed by atoms with Crippen LogP contribution >= 0.6 is 0 Å². The van der Waals surface area contributed by atoms with Crippen LogP contribution in [0.5, 0.6) is 11.5 Å². The average Bonchev–Trinajstić information content (AvgIpc) is 3.04. The maximum absolute atomic E-state index is 12.3. The van der Waals surface area contributed by atoms with E-state index in [2.05, 4.69) is 0 Å². The number of para-hydroxylation sites is 1. The summed E-state index contributed by atoms with van der Waals surface area (Å²) in [4.78, 5) is 12.3. The van der Waals surface area contributed by atoms with Gasteiger partial charge in [-0.1, -0.05) is 30.3 Å². The van der Waals surface area contributed by atoms with E-state index in [1.54, 1.807) is 32.4 Å². The lowest BCUT2D eigenvalue weighted by atomic mass is 10.1. The molecule has 3 aromatic rings. The van der Waals surface area contributed by atoms with Crippen LogP contribution in [0.2, 0.25) is 0 Å². The first-order valence-electron chi connectivity index (χ1n) is 7.14. The van der Waals surface area contributed by atoms with Crippen molar-refractivity contribution in [2.24, 2.45) is 0 Å². The molecule has 3 rings (SSSR count). The fourth-order valence-electron chi connectivity index (χ4n) is 2.32. The van der Waals surface area contributed by atoms with Crippen molar-refractivity contribution in [1.29, 1.82) is 0 Å². The van der Waals surface area contributed by atoms with Gasteiger partial charge in [0.25, 0.3) is 0 Å². The molecule has 0 aliphatic rings. The van der Waals surface area contributed by atoms with Crippen molar-refractivity contribution < 1.29 is 18.7 Å². The Morgan fingerprint density at radius 3 is 2.65 bits per heavy atom. The minimum absolute atomic E-state index is 0.203. The molecule has 0 unspecified atom stereocenters. The molecular formula is C19H16O4. The highest BCUT2D eigenvalue weighted by Gasteiger charge is 2.12. The Labute approximate surface area is 133 Å². The van der Waals surface area contributed by atoms with Crippen LogP contribution in [0, 0.1) is 0 Å². The number of rotatable bonds is 5. The second kappa shape index (κ2) is 6.40. The van der Waals surface area contributed by atoms with Gasteiger partial charge in [0.1, 0.15) is 5.75 Å². The summed E-state index contributed by atoms with van der Waals surface area (Å²) in [7, 11) is 3.18. The lowest BCUT2D eigenvalue weighted by molar-refractivity contribution is 0.102. The van der Waals surface area contributed by atoms with Crippen molar-refractivity contribution in [3.63, 3.8) is 0 Å². The Kier molecular flexibility index (Phi) is 4.15. The van der Waals surface area contributed by atoms with Gasteiger partial charge < -0.3 is 13.9 Å². The number of ether oxygens (including phenoxy) is 2. The third kappa shape index (κ3) is 3.11. The zero-order chi connectivity index (χ0) is 16.2. The van der Waals surface area contributed by atoms with Gasteiger partial charge in [0, 0.05) is 5.39 Å². The van der Waals surface area contributed by atoms with E-state index in [1.165, 1.54) is 6.08 Å². The van der Waals surface area contributed by atoms with Crippen LogP contribution in [0.25, 0.3) is 17.0 Å². The van der Waals surface area contributed by atoms with Crippen LogP contribution in [0.1, 0.15) is 16.1 Å². The van der Waals surface area contributed by atoms with Crippen molar-refractivity contribution >= 4 is 22.8 Å². The minimum Gasteiger partial charge on any atom is -0.497 e. The number of fused-ring (bicyclic) bond motifs is 1. The Morgan fingerprint density at radius 2 is 1.87 bits per heavy atom. The number of hydrogen-bond donors (Lipinski definition) is 0. The summed E-state index contributed by atoms with van der Waals surface area (Å²) in [6.07, 6.45) is 3.22. The van der Waals surface area contributed by atoms with Crippen LogP contribution in [-0.4, -0.2) is 20.0 Å². The highest BCUT2D eigenvalue weighted by atomic mass is 16.5. The largest absolute Gasteiger partial charge is 0.497 e. The van der Waals surface area contributed by atoms with Crippen molar-refractivity contribution in [2.45, 2.75) is 0 Å². The highest BCUT2D eigenvalue weighted by molar-refractivity contribution is 6.07. The maximum Gasteiger partial charge on any atom is 0.221 e. The lowest BCUT2D eigenvalue weighted by Crippen LogP contribution is -1.90. The van der Waals surface area contributed by atoms with Gasteiger partial charge in [-0.25, -0.2) is 0 Å². The predicted molar refractivity (Wildman–Crippen MR) is 89.1 cm³/mol. The summed E-state index contributed by atoms with van der Waals surface area (Å²) in [5, 5.41) is 0.836. The number of allylic oxidation sites excluding steroid dienone is 1. The van der Waals surface area contributed by atoms with Crippen molar-refractivity contribution in [3.05, 3.63) is 65.9 Å². The Balaban J connectivity index is 1.87. The smallest absolute Gasteiger partial charge is 0.221 e. The van der Waals surface area contributed by atoms with E-state index < -0.39 is 0 Å². The number of carbonyl (C=O) groups is 1. The molecule has 1 heterocycles. The Hall–Kier alpha value is -3.01. The second-order valence-electron chi connectivity index (χ2n) is 4.96. The van der Waals surface area contributed by atoms with Gasteiger partial charge in [-0.2, -0.15) is 0 Å². The molecule has 0 spiro atoms. The van der Waals surface area contributed by atoms with E-state index in [0.29, 0.717) is 11.3 Å². The fourth-order valence-corrected chi connectivity index (χ4v) is 2.32. The van der Waals surface area contributed by atoms with E-state index in [1.807, 2.05) is 36.4 Å². The lowest BCUT2D eigenvalue weighted by Gasteiger charge is -1.99. The predicted octanol–water partition coefficient (Wildman–Crippen LogP) is 4.35. The molecule has 0 saturated carbocycles. The summed E-state index contributed by atoms with van der Waals surface area (Å²) in [6, 6.07) is 14.7. The molecule has 0 N–H and O–H groups in total. The van der Waals surface area contributed by atoms with Gasteiger partial charge in [0.05, 0.1) is 14.2 Å². The summed E-state index contributed by atoms with van der Waals surface area (Å²) < 4.78 is 16.0. The zero-order valence-corrected chi connectivity index (χ0v) is 12.9. The van der Waals surface area contributed by atoms with Crippen LogP contribution < -0.4 is 9.47 Å². The number of ketones is 1. The summed E-state index contributed by atoms with van der Waals surface area (Å²) >= 11 is 0. The molecule has 116 valence electrons. The first-order valence-corrected chi connectivity index (χ1v) is 7.14. The van der Waals surface area contributed by atoms with E-state index in [-0.39, 0.29) is 11.5 Å². The average molecular weight is 308 g/mol. The first kappa shape index (κ1) is 14.9. The van der Waals surface area contributed by atoms with Crippen LogP contribution in [-0.2, 0) is 0 Å². The quantitative estimate of drug-likeness (QED) is 0.519. The number of methoxy groups -OCH3 is 2. The Morgan fingerprint density at radius 1 is 1.04 bits per heavy atom. The van der Waals surface area contributed by atoms with Gasteiger partial charge in [0.15, 0.2) is 17.1 Å². The van der Waals surface area contributed by atoms with Gasteiger partial charge in [-0.15, -0.1) is 0 Å². The number of carbonyl (C=O) groups excluding carboxylic acids is 1. The molecule has 0 fully saturated rings. The zero-order valence-electron chi connectivity index (χ0n) is 12.9. The van der Waals surface area contributed by atoms with E-state index in [9.17, 15) is 4.79 Å². The SMILES string of the molecule is COc1cccc(/C=C/C(=O)c2cc3cccc(OC)c3o2)c1. The van der Waals surface area contributed by atoms with Crippen LogP contribution in [0.4, 0.5) is 0 Å². The molecule has 0 aliphatic carbocycles. The normalized spacial score (nSPS) is 11.0. The molecule has 0 radical (unpaired) electrons. The topological polar surface area (TPSA) is 48.7 Å². The van der Waals surface area contributed by atoms with Crippen molar-refractivity contribution in [3.8, 4) is 11.5 Å². The minimum atomic E-state index is -0.203. The number of furan rings is 1. The second-order valence-corrected chi connectivity index (χ2v) is 4.96. The molecule has 0 saturated heterocycles. The summed E-state index contributed by atoms with van der Waals surface area (Å²) in [5.41, 5.74) is 1.46. The summed E-state index contributed by atoms with van der Waals surface area (Å²) in [5.74, 6) is 1.43. The molecule has 0 atom stereocenters. The van der Waals surface area contributed by atoms with Gasteiger partial charge >= 0.3 is 0 Å². The van der Waals surface area contributed by atoms with Crippen molar-refractivity contribution in [2.75, 3.05) is 14.2 Å². The third-order valence-electron chi connectivity index (χ3n) is 3.49. The molecule has 4 heteroatoms. The number of benzene rings is 2. The first-order chi connectivity index (χ1) is 11.2. The molecule has 0 aliphatic heterocycles. The third-order valence-corrected chi connectivity index (χ3v) is 3.49. The molecule has 0 amide bonds. The summed E-state index contributed by atoms with van der Waals surface area (Å²) in [6.45, 7) is 0. The molecule has 0 bridgehead atoms. The van der Waals surface area contributed by atoms with Crippen LogP contribution in [0.15, 0.2) is 59.0 Å². The maximum atomic E-state index is 12.3.